The summed E-state index contributed by atoms with van der Waals surface area (Å²) in [5, 5.41) is 0.904. The predicted octanol–water partition coefficient (Wildman–Crippen LogP) is 2.52. The van der Waals surface area contributed by atoms with Crippen molar-refractivity contribution in [1.29, 1.82) is 0 Å². The van der Waals surface area contributed by atoms with Crippen LogP contribution in [0.25, 0.3) is 0 Å². The molecule has 2 nitrogen and oxygen atoms in total. The number of alkyl halides is 1. The van der Waals surface area contributed by atoms with Crippen LogP contribution in [0.4, 0.5) is 0 Å². The molecule has 3 rings (SSSR count). The third-order valence-electron chi connectivity index (χ3n) is 5.07. The predicted molar refractivity (Wildman–Crippen MR) is 67.3 cm³/mol. The van der Waals surface area contributed by atoms with Crippen LogP contribution < -0.4 is 0 Å². The Bertz CT molecular complexity index is 290. The van der Waals surface area contributed by atoms with E-state index in [4.69, 9.17) is 0 Å². The maximum absolute atomic E-state index is 12.4. The Balaban J connectivity index is 1.65. The molecule has 3 aliphatic rings. The quantitative estimate of drug-likeness (QED) is 0.727. The summed E-state index contributed by atoms with van der Waals surface area (Å²) in [5.41, 5.74) is 0. The minimum absolute atomic E-state index is 0.422. The lowest BCUT2D eigenvalue weighted by atomic mass is 10.0. The molecule has 1 amide bonds. The van der Waals surface area contributed by atoms with E-state index in [9.17, 15) is 4.79 Å². The number of hydrogen-bond donors (Lipinski definition) is 0. The van der Waals surface area contributed by atoms with Gasteiger partial charge in [-0.25, -0.2) is 0 Å². The average molecular weight is 286 g/mol. The van der Waals surface area contributed by atoms with E-state index in [-0.39, 0.29) is 0 Å². The highest BCUT2D eigenvalue weighted by molar-refractivity contribution is 9.09. The SMILES string of the molecule is CCN(CCBr)C(=O)C1C2C3CCC(C3)C12. The minimum Gasteiger partial charge on any atom is -0.342 e. The number of carbonyl (C=O) groups excluding carboxylic acids is 1. The van der Waals surface area contributed by atoms with Crippen molar-refractivity contribution in [3.05, 3.63) is 0 Å². The highest BCUT2D eigenvalue weighted by atomic mass is 79.9. The normalized spacial score (nSPS) is 43.2. The van der Waals surface area contributed by atoms with Crippen molar-refractivity contribution in [3.8, 4) is 0 Å². The zero-order valence-electron chi connectivity index (χ0n) is 9.86. The third-order valence-corrected chi connectivity index (χ3v) is 5.42. The van der Waals surface area contributed by atoms with Crippen molar-refractivity contribution in [2.75, 3.05) is 18.4 Å². The van der Waals surface area contributed by atoms with Gasteiger partial charge < -0.3 is 4.90 Å². The van der Waals surface area contributed by atoms with Crippen LogP contribution in [0.5, 0.6) is 0 Å². The molecular weight excluding hydrogens is 266 g/mol. The molecule has 16 heavy (non-hydrogen) atoms. The molecule has 0 saturated heterocycles. The molecule has 0 radical (unpaired) electrons. The van der Waals surface area contributed by atoms with Gasteiger partial charge in [0.05, 0.1) is 0 Å². The van der Waals surface area contributed by atoms with E-state index in [0.29, 0.717) is 11.8 Å². The summed E-state index contributed by atoms with van der Waals surface area (Å²) in [6.07, 6.45) is 4.24. The standard InChI is InChI=1S/C13H20BrNO/c1-2-15(6-5-14)13(16)12-10-8-3-4-9(7-8)11(10)12/h8-12H,2-7H2,1H3. The Morgan fingerprint density at radius 3 is 2.44 bits per heavy atom. The van der Waals surface area contributed by atoms with E-state index in [1.165, 1.54) is 19.3 Å². The molecule has 0 aromatic carbocycles. The van der Waals surface area contributed by atoms with Crippen LogP contribution in [0.15, 0.2) is 0 Å². The van der Waals surface area contributed by atoms with Crippen molar-refractivity contribution in [2.24, 2.45) is 29.6 Å². The summed E-state index contributed by atoms with van der Waals surface area (Å²) >= 11 is 3.43. The number of carbonyl (C=O) groups is 1. The fraction of sp³-hybridized carbons (Fsp3) is 0.923. The van der Waals surface area contributed by atoms with Gasteiger partial charge in [-0.3, -0.25) is 4.79 Å². The van der Waals surface area contributed by atoms with Crippen molar-refractivity contribution in [3.63, 3.8) is 0 Å². The van der Waals surface area contributed by atoms with Crippen LogP contribution in [-0.4, -0.2) is 29.2 Å². The van der Waals surface area contributed by atoms with Gasteiger partial charge in [0.15, 0.2) is 0 Å². The maximum atomic E-state index is 12.4. The Morgan fingerprint density at radius 2 is 1.94 bits per heavy atom. The maximum Gasteiger partial charge on any atom is 0.226 e. The average Bonchev–Trinajstić information content (AvgIpc) is 2.74. The Hall–Kier alpha value is -0.0500. The van der Waals surface area contributed by atoms with Crippen molar-refractivity contribution in [1.82, 2.24) is 4.90 Å². The molecule has 4 unspecified atom stereocenters. The molecule has 3 heteroatoms. The van der Waals surface area contributed by atoms with Gasteiger partial charge in [-0.1, -0.05) is 15.9 Å². The molecule has 0 aromatic heterocycles. The van der Waals surface area contributed by atoms with E-state index in [1.54, 1.807) is 0 Å². The van der Waals surface area contributed by atoms with Crippen molar-refractivity contribution < 1.29 is 4.79 Å². The monoisotopic (exact) mass is 285 g/mol. The molecule has 3 aliphatic carbocycles. The molecule has 0 aliphatic heterocycles. The van der Waals surface area contributed by atoms with Gasteiger partial charge >= 0.3 is 0 Å². The number of rotatable bonds is 4. The first-order valence-electron chi connectivity index (χ1n) is 6.62. The van der Waals surface area contributed by atoms with E-state index in [1.807, 2.05) is 4.90 Å². The van der Waals surface area contributed by atoms with E-state index < -0.39 is 0 Å². The second-order valence-electron chi connectivity index (χ2n) is 5.62. The highest BCUT2D eigenvalue weighted by Gasteiger charge is 2.67. The van der Waals surface area contributed by atoms with Gasteiger partial charge in [0.2, 0.25) is 5.91 Å². The van der Waals surface area contributed by atoms with Gasteiger partial charge in [0, 0.05) is 24.3 Å². The van der Waals surface area contributed by atoms with Crippen LogP contribution in [0.1, 0.15) is 26.2 Å². The largest absolute Gasteiger partial charge is 0.342 e. The molecule has 0 N–H and O–H groups in total. The Kier molecular flexibility index (Phi) is 2.77. The summed E-state index contributed by atoms with van der Waals surface area (Å²) in [7, 11) is 0. The smallest absolute Gasteiger partial charge is 0.226 e. The fourth-order valence-electron chi connectivity index (χ4n) is 4.39. The van der Waals surface area contributed by atoms with Gasteiger partial charge in [0.1, 0.15) is 0 Å². The number of fused-ring (bicyclic) bond motifs is 5. The van der Waals surface area contributed by atoms with Gasteiger partial charge in [-0.2, -0.15) is 0 Å². The molecule has 0 spiro atoms. The van der Waals surface area contributed by atoms with E-state index in [2.05, 4.69) is 22.9 Å². The van der Waals surface area contributed by atoms with Crippen molar-refractivity contribution in [2.45, 2.75) is 26.2 Å². The summed E-state index contributed by atoms with van der Waals surface area (Å²) in [6.45, 7) is 3.84. The van der Waals surface area contributed by atoms with Gasteiger partial charge in [-0.05, 0) is 49.9 Å². The summed E-state index contributed by atoms with van der Waals surface area (Å²) in [4.78, 5) is 14.4. The topological polar surface area (TPSA) is 20.3 Å². The summed E-state index contributed by atoms with van der Waals surface area (Å²) in [6, 6.07) is 0. The van der Waals surface area contributed by atoms with Gasteiger partial charge in [0.25, 0.3) is 0 Å². The zero-order valence-corrected chi connectivity index (χ0v) is 11.4. The molecule has 3 fully saturated rings. The second kappa shape index (κ2) is 4.01. The zero-order chi connectivity index (χ0) is 11.3. The Morgan fingerprint density at radius 1 is 1.31 bits per heavy atom. The molecule has 4 atom stereocenters. The van der Waals surface area contributed by atoms with Crippen LogP contribution in [0.3, 0.4) is 0 Å². The first-order valence-corrected chi connectivity index (χ1v) is 7.74. The van der Waals surface area contributed by atoms with E-state index >= 15 is 0 Å². The molecule has 90 valence electrons. The molecular formula is C13H20BrNO. The van der Waals surface area contributed by atoms with Crippen LogP contribution in [0.2, 0.25) is 0 Å². The fourth-order valence-corrected chi connectivity index (χ4v) is 4.82. The van der Waals surface area contributed by atoms with Crippen molar-refractivity contribution >= 4 is 21.8 Å². The van der Waals surface area contributed by atoms with E-state index in [0.717, 1.165) is 42.1 Å². The Labute approximate surface area is 106 Å². The van der Waals surface area contributed by atoms with Crippen LogP contribution in [-0.2, 0) is 4.79 Å². The number of halogens is 1. The summed E-state index contributed by atoms with van der Waals surface area (Å²) in [5.74, 6) is 4.27. The molecule has 0 aromatic rings. The highest BCUT2D eigenvalue weighted by Crippen LogP contribution is 2.69. The van der Waals surface area contributed by atoms with Crippen LogP contribution in [0, 0.1) is 29.6 Å². The lowest BCUT2D eigenvalue weighted by Gasteiger charge is -2.21. The molecule has 2 bridgehead atoms. The summed E-state index contributed by atoms with van der Waals surface area (Å²) < 4.78 is 0. The molecule has 0 heterocycles. The lowest BCUT2D eigenvalue weighted by molar-refractivity contribution is -0.133. The second-order valence-corrected chi connectivity index (χ2v) is 6.41. The van der Waals surface area contributed by atoms with Gasteiger partial charge in [-0.15, -0.1) is 0 Å². The minimum atomic E-state index is 0.422. The first-order chi connectivity index (χ1) is 7.77. The number of hydrogen-bond acceptors (Lipinski definition) is 1. The molecule has 3 saturated carbocycles. The van der Waals surface area contributed by atoms with Crippen LogP contribution >= 0.6 is 15.9 Å². The first kappa shape index (κ1) is 11.1. The third kappa shape index (κ3) is 1.47. The number of nitrogens with zero attached hydrogens (tertiary/aromatic N) is 1. The number of amides is 1. The lowest BCUT2D eigenvalue weighted by Crippen LogP contribution is -2.35.